The van der Waals surface area contributed by atoms with Crippen molar-refractivity contribution in [1.82, 2.24) is 10.4 Å². The Morgan fingerprint density at radius 2 is 2.21 bits per heavy atom. The van der Waals surface area contributed by atoms with Crippen molar-refractivity contribution in [2.45, 2.75) is 6.04 Å². The fraction of sp³-hybridized carbons (Fsp3) is 0.500. The van der Waals surface area contributed by atoms with E-state index in [1.165, 1.54) is 0 Å². The summed E-state index contributed by atoms with van der Waals surface area (Å²) in [4.78, 5) is 0. The molecule has 3 N–H and O–H groups in total. The number of nitrogens with one attached hydrogen (secondary N) is 1. The summed E-state index contributed by atoms with van der Waals surface area (Å²) in [6.07, 6.45) is 0. The Kier molecular flexibility index (Phi) is 4.59. The molecule has 80 valence electrons. The summed E-state index contributed by atoms with van der Waals surface area (Å²) in [7, 11) is 3.82. The lowest BCUT2D eigenvalue weighted by Crippen LogP contribution is -2.37. The third kappa shape index (κ3) is 3.06. The fourth-order valence-corrected chi connectivity index (χ4v) is 1.69. The van der Waals surface area contributed by atoms with E-state index >= 15 is 0 Å². The molecular weight excluding hydrogens is 314 g/mol. The van der Waals surface area contributed by atoms with Crippen LogP contribution in [0.2, 0.25) is 0 Å². The highest BCUT2D eigenvalue weighted by molar-refractivity contribution is 9.13. The van der Waals surface area contributed by atoms with Crippen molar-refractivity contribution >= 4 is 31.9 Å². The zero-order valence-corrected chi connectivity index (χ0v) is 11.2. The Bertz CT molecular complexity index is 281. The number of hydrazine groups is 1. The molecule has 0 saturated heterocycles. The molecule has 0 aliphatic heterocycles. The summed E-state index contributed by atoms with van der Waals surface area (Å²) >= 11 is 6.64. The van der Waals surface area contributed by atoms with Crippen molar-refractivity contribution in [3.05, 3.63) is 21.0 Å². The average molecular weight is 327 g/mol. The highest BCUT2D eigenvalue weighted by atomic mass is 79.9. The van der Waals surface area contributed by atoms with Gasteiger partial charge >= 0.3 is 0 Å². The van der Waals surface area contributed by atoms with Gasteiger partial charge in [-0.3, -0.25) is 0 Å². The lowest BCUT2D eigenvalue weighted by atomic mass is 10.2. The van der Waals surface area contributed by atoms with Crippen LogP contribution in [-0.2, 0) is 0 Å². The molecular formula is C8H13Br2N3O. The molecule has 0 aromatic carbocycles. The van der Waals surface area contributed by atoms with E-state index in [0.29, 0.717) is 11.2 Å². The number of hydrogen-bond acceptors (Lipinski definition) is 4. The standard InChI is InChI=1S/C8H13Br2N3O/c1-13(2)12-6(4-11)7-3-5(9)8(10)14-7/h3,6,12H,4,11H2,1-2H3. The molecule has 1 unspecified atom stereocenters. The molecule has 4 nitrogen and oxygen atoms in total. The fourth-order valence-electron chi connectivity index (χ4n) is 1.08. The van der Waals surface area contributed by atoms with Crippen LogP contribution in [0.5, 0.6) is 0 Å². The maximum atomic E-state index is 5.63. The van der Waals surface area contributed by atoms with Gasteiger partial charge in [-0.05, 0) is 37.9 Å². The molecule has 0 aliphatic carbocycles. The van der Waals surface area contributed by atoms with Gasteiger partial charge in [-0.25, -0.2) is 10.4 Å². The van der Waals surface area contributed by atoms with Gasteiger partial charge in [-0.1, -0.05) is 0 Å². The molecule has 14 heavy (non-hydrogen) atoms. The normalized spacial score (nSPS) is 13.6. The van der Waals surface area contributed by atoms with Gasteiger partial charge in [0.2, 0.25) is 0 Å². The number of nitrogens with zero attached hydrogens (tertiary/aromatic N) is 1. The molecule has 1 heterocycles. The van der Waals surface area contributed by atoms with Gasteiger partial charge in [-0.15, -0.1) is 0 Å². The number of furan rings is 1. The summed E-state index contributed by atoms with van der Waals surface area (Å²) in [6.45, 7) is 0.477. The molecule has 0 spiro atoms. The third-order valence-corrected chi connectivity index (χ3v) is 3.37. The van der Waals surface area contributed by atoms with Crippen molar-refractivity contribution in [1.29, 1.82) is 0 Å². The predicted octanol–water partition coefficient (Wildman–Crippen LogP) is 1.87. The zero-order valence-electron chi connectivity index (χ0n) is 8.05. The summed E-state index contributed by atoms with van der Waals surface area (Å²) in [6, 6.07) is 1.89. The first-order valence-electron chi connectivity index (χ1n) is 4.13. The monoisotopic (exact) mass is 325 g/mol. The highest BCUT2D eigenvalue weighted by Gasteiger charge is 2.16. The van der Waals surface area contributed by atoms with Crippen LogP contribution < -0.4 is 11.2 Å². The van der Waals surface area contributed by atoms with Crippen molar-refractivity contribution < 1.29 is 4.42 Å². The van der Waals surface area contributed by atoms with Crippen LogP contribution in [0.3, 0.4) is 0 Å². The molecule has 1 aromatic heterocycles. The van der Waals surface area contributed by atoms with Crippen molar-refractivity contribution in [3.8, 4) is 0 Å². The molecule has 0 fully saturated rings. The van der Waals surface area contributed by atoms with Crippen molar-refractivity contribution in [2.75, 3.05) is 20.6 Å². The number of hydrogen-bond donors (Lipinski definition) is 2. The molecule has 0 bridgehead atoms. The van der Waals surface area contributed by atoms with E-state index in [-0.39, 0.29) is 6.04 Å². The molecule has 1 atom stereocenters. The molecule has 1 aromatic rings. The molecule has 1 rings (SSSR count). The van der Waals surface area contributed by atoms with E-state index in [1.807, 2.05) is 25.2 Å². The largest absolute Gasteiger partial charge is 0.451 e. The van der Waals surface area contributed by atoms with Gasteiger partial charge in [0.25, 0.3) is 0 Å². The molecule has 0 amide bonds. The zero-order chi connectivity index (χ0) is 10.7. The van der Waals surface area contributed by atoms with Gasteiger partial charge in [0.15, 0.2) is 4.67 Å². The molecule has 6 heteroatoms. The van der Waals surface area contributed by atoms with Crippen LogP contribution >= 0.6 is 31.9 Å². The second-order valence-electron chi connectivity index (χ2n) is 3.08. The van der Waals surface area contributed by atoms with E-state index in [1.54, 1.807) is 0 Å². The highest BCUT2D eigenvalue weighted by Crippen LogP contribution is 2.29. The van der Waals surface area contributed by atoms with E-state index in [9.17, 15) is 0 Å². The Morgan fingerprint density at radius 1 is 1.57 bits per heavy atom. The Hall–Kier alpha value is 0.120. The molecule has 0 radical (unpaired) electrons. The van der Waals surface area contributed by atoms with Gasteiger partial charge in [-0.2, -0.15) is 0 Å². The predicted molar refractivity (Wildman–Crippen MR) is 62.7 cm³/mol. The van der Waals surface area contributed by atoms with Gasteiger partial charge in [0.1, 0.15) is 5.76 Å². The first-order chi connectivity index (χ1) is 6.54. The van der Waals surface area contributed by atoms with Crippen LogP contribution in [0.1, 0.15) is 11.8 Å². The lowest BCUT2D eigenvalue weighted by molar-refractivity contribution is 0.226. The summed E-state index contributed by atoms with van der Waals surface area (Å²) in [5, 5.41) is 1.85. The Morgan fingerprint density at radius 3 is 2.57 bits per heavy atom. The average Bonchev–Trinajstić information content (AvgIpc) is 2.42. The topological polar surface area (TPSA) is 54.4 Å². The Balaban J connectivity index is 2.78. The number of halogens is 2. The maximum absolute atomic E-state index is 5.63. The van der Waals surface area contributed by atoms with Gasteiger partial charge in [0, 0.05) is 20.6 Å². The van der Waals surface area contributed by atoms with Crippen LogP contribution in [0.4, 0.5) is 0 Å². The molecule has 0 aliphatic rings. The van der Waals surface area contributed by atoms with E-state index in [0.717, 1.165) is 10.2 Å². The minimum atomic E-state index is -0.00685. The second kappa shape index (κ2) is 5.27. The second-order valence-corrected chi connectivity index (χ2v) is 4.66. The summed E-state index contributed by atoms with van der Waals surface area (Å²) in [5.41, 5.74) is 8.79. The number of rotatable bonds is 4. The quantitative estimate of drug-likeness (QED) is 0.829. The summed E-state index contributed by atoms with van der Waals surface area (Å²) < 4.78 is 7.05. The number of nitrogens with two attached hydrogens (primary N) is 1. The van der Waals surface area contributed by atoms with Gasteiger partial charge < -0.3 is 10.2 Å². The van der Waals surface area contributed by atoms with Crippen LogP contribution in [0, 0.1) is 0 Å². The first-order valence-corrected chi connectivity index (χ1v) is 5.71. The first kappa shape index (κ1) is 12.2. The molecule has 0 saturated carbocycles. The van der Waals surface area contributed by atoms with Crippen LogP contribution in [-0.4, -0.2) is 25.6 Å². The third-order valence-electron chi connectivity index (χ3n) is 1.66. The minimum absolute atomic E-state index is 0.00685. The van der Waals surface area contributed by atoms with E-state index in [2.05, 4.69) is 37.3 Å². The summed E-state index contributed by atoms with van der Waals surface area (Å²) in [5.74, 6) is 0.806. The van der Waals surface area contributed by atoms with Crippen molar-refractivity contribution in [2.24, 2.45) is 5.73 Å². The Labute approximate surface area is 100 Å². The van der Waals surface area contributed by atoms with Gasteiger partial charge in [0.05, 0.1) is 10.5 Å². The van der Waals surface area contributed by atoms with E-state index < -0.39 is 0 Å². The van der Waals surface area contributed by atoms with Crippen molar-refractivity contribution in [3.63, 3.8) is 0 Å². The van der Waals surface area contributed by atoms with E-state index in [4.69, 9.17) is 10.2 Å². The minimum Gasteiger partial charge on any atom is -0.451 e. The van der Waals surface area contributed by atoms with Crippen LogP contribution in [0.15, 0.2) is 19.6 Å². The smallest absolute Gasteiger partial charge is 0.183 e. The SMILES string of the molecule is CN(C)NC(CN)c1cc(Br)c(Br)o1. The lowest BCUT2D eigenvalue weighted by Gasteiger charge is -2.19. The van der Waals surface area contributed by atoms with Crippen LogP contribution in [0.25, 0.3) is 0 Å². The maximum Gasteiger partial charge on any atom is 0.183 e.